The molecule has 0 aliphatic heterocycles. The highest BCUT2D eigenvalue weighted by Gasteiger charge is 2.30. The van der Waals surface area contributed by atoms with E-state index in [0.29, 0.717) is 6.61 Å². The van der Waals surface area contributed by atoms with Gasteiger partial charge in [0.05, 0.1) is 19.8 Å². The van der Waals surface area contributed by atoms with E-state index in [4.69, 9.17) is 23.6 Å². The summed E-state index contributed by atoms with van der Waals surface area (Å²) in [6.07, 6.45) is 0. The Balaban J connectivity index is 2.95. The lowest BCUT2D eigenvalue weighted by Crippen LogP contribution is -2.03. The van der Waals surface area contributed by atoms with Crippen LogP contribution in [0.15, 0.2) is 0 Å². The van der Waals surface area contributed by atoms with Gasteiger partial charge < -0.3 is 9.26 Å². The minimum atomic E-state index is -3.75. The molecule has 1 heterocycles. The van der Waals surface area contributed by atoms with E-state index < -0.39 is 7.82 Å². The number of nitriles is 1. The molecule has 0 unspecified atom stereocenters. The Hall–Kier alpha value is -1.13. The number of hydrogen-bond acceptors (Lipinski definition) is 8. The molecule has 0 aliphatic carbocycles. The van der Waals surface area contributed by atoms with Gasteiger partial charge in [0, 0.05) is 0 Å². The second-order valence-corrected chi connectivity index (χ2v) is 5.59. The molecular formula is C10H15N2O5PS. The highest BCUT2D eigenvalue weighted by atomic mass is 32.1. The van der Waals surface area contributed by atoms with Gasteiger partial charge in [-0.1, -0.05) is 11.3 Å². The van der Waals surface area contributed by atoms with Crippen molar-refractivity contribution >= 4 is 19.2 Å². The van der Waals surface area contributed by atoms with Crippen LogP contribution in [-0.4, -0.2) is 24.8 Å². The number of rotatable bonds is 8. The quantitative estimate of drug-likeness (QED) is 0.682. The molecule has 0 aliphatic rings. The van der Waals surface area contributed by atoms with Crippen molar-refractivity contribution in [2.75, 3.05) is 19.8 Å². The number of phosphoric acid groups is 1. The zero-order chi connectivity index (χ0) is 14.3. The van der Waals surface area contributed by atoms with Crippen molar-refractivity contribution in [3.05, 3.63) is 4.88 Å². The van der Waals surface area contributed by atoms with E-state index in [9.17, 15) is 4.57 Å². The summed E-state index contributed by atoms with van der Waals surface area (Å²) in [4.78, 5) is 4.10. The normalized spacial score (nSPS) is 11.1. The van der Waals surface area contributed by atoms with Crippen molar-refractivity contribution in [2.24, 2.45) is 0 Å². The Kier molecular flexibility index (Phi) is 6.25. The first-order chi connectivity index (χ1) is 9.08. The van der Waals surface area contributed by atoms with Gasteiger partial charge in [-0.15, -0.1) is 0 Å². The van der Waals surface area contributed by atoms with Crippen molar-refractivity contribution in [2.45, 2.75) is 20.8 Å². The van der Waals surface area contributed by atoms with E-state index in [1.165, 1.54) is 0 Å². The minimum Gasteiger partial charge on any atom is -0.470 e. The van der Waals surface area contributed by atoms with Gasteiger partial charge >= 0.3 is 7.82 Å². The van der Waals surface area contributed by atoms with Gasteiger partial charge in [0.2, 0.25) is 0 Å². The molecule has 0 saturated carbocycles. The summed E-state index contributed by atoms with van der Waals surface area (Å²) in [6, 6.07) is 1.90. The summed E-state index contributed by atoms with van der Waals surface area (Å²) in [7, 11) is -3.75. The van der Waals surface area contributed by atoms with Gasteiger partial charge in [0.25, 0.3) is 11.1 Å². The molecule has 0 spiro atoms. The number of ether oxygens (including phenoxy) is 1. The number of hydrogen-bond donors (Lipinski definition) is 0. The van der Waals surface area contributed by atoms with Crippen LogP contribution in [0, 0.1) is 11.3 Å². The predicted molar refractivity (Wildman–Crippen MR) is 69.5 cm³/mol. The van der Waals surface area contributed by atoms with Gasteiger partial charge in [-0.2, -0.15) is 10.2 Å². The largest absolute Gasteiger partial charge is 0.531 e. The van der Waals surface area contributed by atoms with Crippen LogP contribution < -0.4 is 9.26 Å². The van der Waals surface area contributed by atoms with Crippen LogP contribution in [0.2, 0.25) is 0 Å². The van der Waals surface area contributed by atoms with E-state index in [0.717, 1.165) is 11.3 Å². The van der Waals surface area contributed by atoms with Crippen LogP contribution in [0.3, 0.4) is 0 Å². The third-order valence-electron chi connectivity index (χ3n) is 1.72. The minimum absolute atomic E-state index is 0.0961. The zero-order valence-electron chi connectivity index (χ0n) is 10.9. The molecule has 0 radical (unpaired) electrons. The fourth-order valence-corrected chi connectivity index (χ4v) is 3.04. The highest BCUT2D eigenvalue weighted by molar-refractivity contribution is 7.49. The maximum absolute atomic E-state index is 12.2. The summed E-state index contributed by atoms with van der Waals surface area (Å²) in [5, 5.41) is 9.24. The van der Waals surface area contributed by atoms with Crippen molar-refractivity contribution in [3.8, 4) is 17.1 Å². The lowest BCUT2D eigenvalue weighted by atomic mass is 10.6. The average Bonchev–Trinajstić information content (AvgIpc) is 2.71. The summed E-state index contributed by atoms with van der Waals surface area (Å²) >= 11 is 1.01. The lowest BCUT2D eigenvalue weighted by molar-refractivity contribution is 0.165. The number of phosphoric ester groups is 1. The van der Waals surface area contributed by atoms with Gasteiger partial charge in [-0.05, 0) is 20.8 Å². The monoisotopic (exact) mass is 306 g/mol. The van der Waals surface area contributed by atoms with E-state index in [1.54, 1.807) is 20.8 Å². The third kappa shape index (κ3) is 4.48. The van der Waals surface area contributed by atoms with Crippen molar-refractivity contribution in [1.82, 2.24) is 4.98 Å². The second kappa shape index (κ2) is 7.46. The molecule has 0 amide bonds. The fraction of sp³-hybridized carbons (Fsp3) is 0.600. The molecule has 0 N–H and O–H groups in total. The zero-order valence-corrected chi connectivity index (χ0v) is 12.6. The number of thiazole rings is 1. The first-order valence-electron chi connectivity index (χ1n) is 5.70. The SMILES string of the molecule is CCOc1nc(OP(=O)(OCC)OCC)c(C#N)s1. The summed E-state index contributed by atoms with van der Waals surface area (Å²) in [6.45, 7) is 5.83. The summed E-state index contributed by atoms with van der Waals surface area (Å²) in [5.41, 5.74) is 0. The molecule has 1 rings (SSSR count). The molecule has 1 aromatic rings. The van der Waals surface area contributed by atoms with Gasteiger partial charge in [0.1, 0.15) is 6.07 Å². The number of aromatic nitrogens is 1. The standard InChI is InChI=1S/C10H15N2O5PS/c1-4-14-10-12-9(8(7-11)19-10)17-18(13,15-5-2)16-6-3/h4-6H2,1-3H3. The first kappa shape index (κ1) is 15.9. The highest BCUT2D eigenvalue weighted by Crippen LogP contribution is 2.50. The number of nitrogens with zero attached hydrogens (tertiary/aromatic N) is 2. The topological polar surface area (TPSA) is 90.7 Å². The lowest BCUT2D eigenvalue weighted by Gasteiger charge is -2.15. The molecule has 0 atom stereocenters. The van der Waals surface area contributed by atoms with E-state index in [2.05, 4.69) is 4.98 Å². The van der Waals surface area contributed by atoms with Crippen LogP contribution in [-0.2, 0) is 13.6 Å². The molecular weight excluding hydrogens is 291 g/mol. The van der Waals surface area contributed by atoms with Crippen LogP contribution in [0.1, 0.15) is 25.6 Å². The Labute approximate surface area is 115 Å². The van der Waals surface area contributed by atoms with E-state index in [1.807, 2.05) is 6.07 Å². The van der Waals surface area contributed by atoms with Crippen LogP contribution in [0.4, 0.5) is 0 Å². The van der Waals surface area contributed by atoms with Crippen LogP contribution in [0.25, 0.3) is 0 Å². The molecule has 1 aromatic heterocycles. The van der Waals surface area contributed by atoms with Gasteiger partial charge in [-0.25, -0.2) is 4.57 Å². The van der Waals surface area contributed by atoms with Crippen LogP contribution >= 0.6 is 19.2 Å². The van der Waals surface area contributed by atoms with Gasteiger partial charge in [0.15, 0.2) is 4.88 Å². The summed E-state index contributed by atoms with van der Waals surface area (Å²) < 4.78 is 32.4. The average molecular weight is 306 g/mol. The Morgan fingerprint density at radius 3 is 2.37 bits per heavy atom. The molecule has 0 saturated heterocycles. The molecule has 9 heteroatoms. The molecule has 7 nitrogen and oxygen atoms in total. The first-order valence-corrected chi connectivity index (χ1v) is 7.98. The fourth-order valence-electron chi connectivity index (χ4n) is 1.12. The Bertz CT molecular complexity index is 489. The van der Waals surface area contributed by atoms with Crippen LogP contribution in [0.5, 0.6) is 11.1 Å². The smallest absolute Gasteiger partial charge is 0.470 e. The van der Waals surface area contributed by atoms with Crippen molar-refractivity contribution < 1.29 is 22.9 Å². The Morgan fingerprint density at radius 1 is 1.26 bits per heavy atom. The molecule has 0 bridgehead atoms. The van der Waals surface area contributed by atoms with Crippen molar-refractivity contribution in [1.29, 1.82) is 5.26 Å². The maximum Gasteiger partial charge on any atom is 0.531 e. The Morgan fingerprint density at radius 2 is 1.89 bits per heavy atom. The van der Waals surface area contributed by atoms with Gasteiger partial charge in [-0.3, -0.25) is 9.05 Å². The maximum atomic E-state index is 12.2. The summed E-state index contributed by atoms with van der Waals surface area (Å²) in [5.74, 6) is -0.0961. The molecule has 106 valence electrons. The second-order valence-electron chi connectivity index (χ2n) is 3.03. The molecule has 19 heavy (non-hydrogen) atoms. The third-order valence-corrected chi connectivity index (χ3v) is 4.12. The molecule has 0 aromatic carbocycles. The predicted octanol–water partition coefficient (Wildman–Crippen LogP) is 2.97. The molecule has 0 fully saturated rings. The van der Waals surface area contributed by atoms with E-state index >= 15 is 0 Å². The van der Waals surface area contributed by atoms with E-state index in [-0.39, 0.29) is 29.2 Å². The van der Waals surface area contributed by atoms with Crippen molar-refractivity contribution in [3.63, 3.8) is 0 Å².